The number of nitrogens with one attached hydrogen (secondary N) is 2. The van der Waals surface area contributed by atoms with E-state index in [0.29, 0.717) is 42.4 Å². The third-order valence-corrected chi connectivity index (χ3v) is 6.06. The van der Waals surface area contributed by atoms with Gasteiger partial charge in [0.25, 0.3) is 5.91 Å². The van der Waals surface area contributed by atoms with Crippen molar-refractivity contribution in [1.29, 1.82) is 0 Å². The van der Waals surface area contributed by atoms with E-state index in [1.165, 1.54) is 30.7 Å². The van der Waals surface area contributed by atoms with Gasteiger partial charge < -0.3 is 15.4 Å². The summed E-state index contributed by atoms with van der Waals surface area (Å²) in [5.74, 6) is -0.0510. The first-order chi connectivity index (χ1) is 19.9. The number of pyridine rings is 3. The van der Waals surface area contributed by atoms with E-state index in [-0.39, 0.29) is 11.5 Å². The number of rotatable bonds is 8. The number of halogens is 3. The largest absolute Gasteiger partial charge is 0.433 e. The molecule has 0 radical (unpaired) electrons. The van der Waals surface area contributed by atoms with Crippen LogP contribution in [0.2, 0.25) is 0 Å². The summed E-state index contributed by atoms with van der Waals surface area (Å²) in [6, 6.07) is 10.3. The van der Waals surface area contributed by atoms with Crippen LogP contribution in [0.1, 0.15) is 29.9 Å². The highest BCUT2D eigenvalue weighted by Crippen LogP contribution is 2.33. The number of aromatic nitrogens is 5. The molecule has 10 nitrogen and oxygen atoms in total. The Morgan fingerprint density at radius 1 is 1.02 bits per heavy atom. The first-order valence-corrected chi connectivity index (χ1v) is 13.2. The molecule has 1 amide bonds. The Morgan fingerprint density at radius 2 is 1.80 bits per heavy atom. The van der Waals surface area contributed by atoms with E-state index in [0.717, 1.165) is 30.4 Å². The van der Waals surface area contributed by atoms with Crippen molar-refractivity contribution in [2.24, 2.45) is 0 Å². The first-order valence-electron chi connectivity index (χ1n) is 13.2. The van der Waals surface area contributed by atoms with Crippen LogP contribution >= 0.6 is 0 Å². The highest BCUT2D eigenvalue weighted by molar-refractivity contribution is 6.07. The van der Waals surface area contributed by atoms with Gasteiger partial charge in [-0.3, -0.25) is 14.7 Å². The van der Waals surface area contributed by atoms with E-state index < -0.39 is 17.8 Å². The Hall–Kier alpha value is -4.36. The van der Waals surface area contributed by atoms with Gasteiger partial charge in [0.1, 0.15) is 5.82 Å². The second kappa shape index (κ2) is 13.8. The van der Waals surface area contributed by atoms with Gasteiger partial charge >= 0.3 is 6.18 Å². The molecule has 0 spiro atoms. The van der Waals surface area contributed by atoms with Crippen LogP contribution in [0.3, 0.4) is 0 Å². The van der Waals surface area contributed by atoms with Gasteiger partial charge in [-0.05, 0) is 42.5 Å². The van der Waals surface area contributed by atoms with Gasteiger partial charge in [-0.1, -0.05) is 13.8 Å². The molecule has 216 valence electrons. The first kappa shape index (κ1) is 29.6. The lowest BCUT2D eigenvalue weighted by molar-refractivity contribution is -0.142. The fourth-order valence-corrected chi connectivity index (χ4v) is 4.08. The Kier molecular flexibility index (Phi) is 9.98. The van der Waals surface area contributed by atoms with Crippen LogP contribution in [0.5, 0.6) is 0 Å². The Morgan fingerprint density at radius 3 is 2.49 bits per heavy atom. The molecule has 0 saturated carbocycles. The summed E-state index contributed by atoms with van der Waals surface area (Å²) in [5, 5.41) is 10.0. The zero-order chi connectivity index (χ0) is 29.2. The van der Waals surface area contributed by atoms with Gasteiger partial charge in [0, 0.05) is 50.3 Å². The molecule has 5 rings (SSSR count). The molecule has 1 fully saturated rings. The van der Waals surface area contributed by atoms with Crippen molar-refractivity contribution < 1.29 is 22.7 Å². The normalized spacial score (nSPS) is 13.7. The lowest BCUT2D eigenvalue weighted by Crippen LogP contribution is -2.39. The maximum absolute atomic E-state index is 13.8. The Balaban J connectivity index is 0.00000189. The lowest BCUT2D eigenvalue weighted by Gasteiger charge is -2.26. The average Bonchev–Trinajstić information content (AvgIpc) is 3.47. The van der Waals surface area contributed by atoms with Crippen LogP contribution in [0.15, 0.2) is 67.3 Å². The number of hydrogen-bond donors (Lipinski definition) is 2. The van der Waals surface area contributed by atoms with Crippen molar-refractivity contribution in [3.63, 3.8) is 0 Å². The fraction of sp³-hybridized carbons (Fsp3) is 0.321. The van der Waals surface area contributed by atoms with Crippen LogP contribution in [-0.2, 0) is 10.9 Å². The molecule has 0 aliphatic carbocycles. The van der Waals surface area contributed by atoms with Crippen molar-refractivity contribution in [3.8, 4) is 17.1 Å². The molecule has 4 aromatic heterocycles. The SMILES string of the molecule is CC.O=C(Nc1ccc(-n2nc(-c3cccnc3)cc2C(F)(F)F)nc1)c1cccnc1NCCN1CCOCC1. The molecule has 4 aromatic rings. The summed E-state index contributed by atoms with van der Waals surface area (Å²) in [6.07, 6.45) is 1.17. The van der Waals surface area contributed by atoms with E-state index in [1.54, 1.807) is 30.5 Å². The summed E-state index contributed by atoms with van der Waals surface area (Å²) in [4.78, 5) is 27.6. The summed E-state index contributed by atoms with van der Waals surface area (Å²) in [7, 11) is 0. The standard InChI is InChI=1S/C26H25F3N8O2.C2H6/c27-26(28,29)22-15-21(18-3-1-7-30-16-18)35-37(22)23-6-5-19(17-33-23)34-25(38)20-4-2-8-31-24(20)32-9-10-36-11-13-39-14-12-36;1-2/h1-8,15-17H,9-14H2,(H,31,32)(H,34,38);1-2H3. The number of amides is 1. The highest BCUT2D eigenvalue weighted by Gasteiger charge is 2.37. The van der Waals surface area contributed by atoms with E-state index >= 15 is 0 Å². The van der Waals surface area contributed by atoms with Crippen LogP contribution < -0.4 is 10.6 Å². The third kappa shape index (κ3) is 7.64. The highest BCUT2D eigenvalue weighted by atomic mass is 19.4. The molecule has 1 aliphatic rings. The summed E-state index contributed by atoms with van der Waals surface area (Å²) in [6.45, 7) is 8.49. The van der Waals surface area contributed by atoms with Gasteiger partial charge in [0.2, 0.25) is 0 Å². The number of nitrogens with zero attached hydrogens (tertiary/aromatic N) is 6. The molecule has 0 aromatic carbocycles. The molecule has 0 atom stereocenters. The summed E-state index contributed by atoms with van der Waals surface area (Å²) < 4.78 is 47.3. The zero-order valence-electron chi connectivity index (χ0n) is 22.7. The maximum atomic E-state index is 13.8. The molecule has 13 heteroatoms. The second-order valence-electron chi connectivity index (χ2n) is 8.71. The van der Waals surface area contributed by atoms with Crippen molar-refractivity contribution in [2.75, 3.05) is 50.0 Å². The molecule has 1 aliphatic heterocycles. The van der Waals surface area contributed by atoms with Crippen LogP contribution in [0.25, 0.3) is 17.1 Å². The zero-order valence-corrected chi connectivity index (χ0v) is 22.7. The van der Waals surface area contributed by atoms with Crippen LogP contribution in [-0.4, -0.2) is 74.9 Å². The number of morpholine rings is 1. The molecular formula is C28H31F3N8O2. The number of carbonyl (C=O) groups is 1. The minimum atomic E-state index is -4.66. The van der Waals surface area contributed by atoms with Crippen molar-refractivity contribution in [2.45, 2.75) is 20.0 Å². The van der Waals surface area contributed by atoms with E-state index in [4.69, 9.17) is 4.74 Å². The minimum absolute atomic E-state index is 0.0534. The van der Waals surface area contributed by atoms with Gasteiger partial charge in [-0.25, -0.2) is 14.6 Å². The average molecular weight is 569 g/mol. The van der Waals surface area contributed by atoms with Gasteiger partial charge in [0.15, 0.2) is 11.5 Å². The molecule has 0 unspecified atom stereocenters. The van der Waals surface area contributed by atoms with Crippen LogP contribution in [0.4, 0.5) is 24.7 Å². The predicted molar refractivity (Wildman–Crippen MR) is 149 cm³/mol. The molecular weight excluding hydrogens is 537 g/mol. The number of anilines is 2. The quantitative estimate of drug-likeness (QED) is 0.313. The Labute approximate surface area is 235 Å². The number of hydrogen-bond acceptors (Lipinski definition) is 8. The fourth-order valence-electron chi connectivity index (χ4n) is 4.08. The number of ether oxygens (including phenoxy) is 1. The van der Waals surface area contributed by atoms with Crippen molar-refractivity contribution in [3.05, 3.63) is 78.5 Å². The van der Waals surface area contributed by atoms with Crippen LogP contribution in [0, 0.1) is 0 Å². The smallest absolute Gasteiger partial charge is 0.379 e. The Bertz CT molecular complexity index is 1410. The molecule has 0 bridgehead atoms. The molecule has 2 N–H and O–H groups in total. The summed E-state index contributed by atoms with van der Waals surface area (Å²) in [5.41, 5.74) is 0.209. The topological polar surface area (TPSA) is 110 Å². The molecule has 5 heterocycles. The van der Waals surface area contributed by atoms with Gasteiger partial charge in [-0.2, -0.15) is 18.3 Å². The van der Waals surface area contributed by atoms with Crippen molar-refractivity contribution in [1.82, 2.24) is 29.6 Å². The second-order valence-corrected chi connectivity index (χ2v) is 8.71. The van der Waals surface area contributed by atoms with E-state index in [9.17, 15) is 18.0 Å². The van der Waals surface area contributed by atoms with Crippen molar-refractivity contribution >= 4 is 17.4 Å². The van der Waals surface area contributed by atoms with E-state index in [1.807, 2.05) is 13.8 Å². The third-order valence-electron chi connectivity index (χ3n) is 6.06. The predicted octanol–water partition coefficient (Wildman–Crippen LogP) is 4.77. The molecule has 1 saturated heterocycles. The maximum Gasteiger partial charge on any atom is 0.433 e. The summed E-state index contributed by atoms with van der Waals surface area (Å²) >= 11 is 0. The lowest BCUT2D eigenvalue weighted by atomic mass is 10.2. The molecule has 41 heavy (non-hydrogen) atoms. The van der Waals surface area contributed by atoms with Gasteiger partial charge in [0.05, 0.1) is 36.4 Å². The minimum Gasteiger partial charge on any atom is -0.379 e. The van der Waals surface area contributed by atoms with Gasteiger partial charge in [-0.15, -0.1) is 0 Å². The van der Waals surface area contributed by atoms with E-state index in [2.05, 4.69) is 35.6 Å². The monoisotopic (exact) mass is 568 g/mol. The number of carbonyl (C=O) groups excluding carboxylic acids is 1. The number of alkyl halides is 3.